The normalized spacial score (nSPS) is 11.3. The maximum Gasteiger partial charge on any atom is 0.182 e. The number of nitrogens with one attached hydrogen (secondary N) is 1. The molecular weight excluding hydrogens is 405 g/mol. The number of hydrogen-bond donors (Lipinski definition) is 1. The van der Waals surface area contributed by atoms with E-state index in [1.807, 2.05) is 0 Å². The Kier molecular flexibility index (Phi) is 3.81. The number of aromatic nitrogens is 2. The Labute approximate surface area is 141 Å². The van der Waals surface area contributed by atoms with E-state index in [1.54, 1.807) is 6.07 Å². The van der Waals surface area contributed by atoms with Gasteiger partial charge in [-0.05, 0) is 36.5 Å². The van der Waals surface area contributed by atoms with Gasteiger partial charge in [-0.15, -0.1) is 0 Å². The molecule has 1 aromatic heterocycles. The van der Waals surface area contributed by atoms with Crippen LogP contribution >= 0.6 is 51.3 Å². The van der Waals surface area contributed by atoms with Crippen molar-refractivity contribution < 1.29 is 8.78 Å². The van der Waals surface area contributed by atoms with Crippen molar-refractivity contribution in [3.63, 3.8) is 0 Å². The predicted molar refractivity (Wildman–Crippen MR) is 86.1 cm³/mol. The summed E-state index contributed by atoms with van der Waals surface area (Å²) >= 11 is 20.1. The zero-order valence-corrected chi connectivity index (χ0v) is 14.0. The molecule has 0 aliphatic carbocycles. The average molecular weight is 410 g/mol. The Balaban J connectivity index is 2.44. The summed E-state index contributed by atoms with van der Waals surface area (Å²) in [4.78, 5) is 2.85. The van der Waals surface area contributed by atoms with Crippen molar-refractivity contribution in [2.75, 3.05) is 0 Å². The Morgan fingerprint density at radius 2 is 1.62 bits per heavy atom. The second-order valence-electron chi connectivity index (χ2n) is 4.27. The number of fused-ring (bicyclic) bond motifs is 1. The molecule has 0 saturated heterocycles. The van der Waals surface area contributed by atoms with Crippen LogP contribution in [0, 0.1) is 16.4 Å². The monoisotopic (exact) mass is 408 g/mol. The number of rotatable bonds is 1. The summed E-state index contributed by atoms with van der Waals surface area (Å²) in [7, 11) is 0. The second kappa shape index (κ2) is 5.35. The van der Waals surface area contributed by atoms with Gasteiger partial charge in [0.05, 0.1) is 21.1 Å². The molecule has 108 valence electrons. The molecule has 0 saturated carbocycles. The van der Waals surface area contributed by atoms with Gasteiger partial charge >= 0.3 is 0 Å². The quantitative estimate of drug-likeness (QED) is 0.486. The van der Waals surface area contributed by atoms with Gasteiger partial charge in [-0.2, -0.15) is 0 Å². The first-order valence-electron chi connectivity index (χ1n) is 5.63. The molecule has 0 radical (unpaired) electrons. The second-order valence-corrected chi connectivity index (χ2v) is 6.38. The van der Waals surface area contributed by atoms with Gasteiger partial charge in [-0.25, -0.2) is 8.78 Å². The van der Waals surface area contributed by atoms with Gasteiger partial charge in [-0.1, -0.05) is 39.1 Å². The van der Waals surface area contributed by atoms with Crippen molar-refractivity contribution in [2.24, 2.45) is 0 Å². The molecular formula is C13H5BrCl2F2N2S. The van der Waals surface area contributed by atoms with E-state index in [9.17, 15) is 8.78 Å². The molecule has 2 aromatic carbocycles. The van der Waals surface area contributed by atoms with Crippen molar-refractivity contribution in [1.82, 2.24) is 9.55 Å². The van der Waals surface area contributed by atoms with Crippen molar-refractivity contribution >= 4 is 62.4 Å². The maximum atomic E-state index is 14.2. The van der Waals surface area contributed by atoms with E-state index >= 15 is 0 Å². The zero-order chi connectivity index (χ0) is 15.3. The molecule has 0 aliphatic rings. The first-order valence-corrected chi connectivity index (χ1v) is 7.59. The molecule has 2 nitrogen and oxygen atoms in total. The van der Waals surface area contributed by atoms with Crippen molar-refractivity contribution in [2.45, 2.75) is 0 Å². The smallest absolute Gasteiger partial charge is 0.182 e. The lowest BCUT2D eigenvalue weighted by Gasteiger charge is -2.08. The number of H-pyrrole nitrogens is 1. The van der Waals surface area contributed by atoms with E-state index in [-0.39, 0.29) is 15.5 Å². The highest BCUT2D eigenvalue weighted by atomic mass is 79.9. The molecule has 0 aliphatic heterocycles. The van der Waals surface area contributed by atoms with E-state index in [0.717, 1.165) is 12.1 Å². The lowest BCUT2D eigenvalue weighted by Crippen LogP contribution is -2.02. The van der Waals surface area contributed by atoms with Gasteiger partial charge in [0, 0.05) is 4.47 Å². The van der Waals surface area contributed by atoms with Gasteiger partial charge < -0.3 is 4.98 Å². The molecule has 0 fully saturated rings. The van der Waals surface area contributed by atoms with Crippen LogP contribution in [0.1, 0.15) is 0 Å². The number of aromatic amines is 1. The van der Waals surface area contributed by atoms with E-state index < -0.39 is 11.6 Å². The fourth-order valence-electron chi connectivity index (χ4n) is 2.07. The van der Waals surface area contributed by atoms with Crippen LogP contribution in [0.15, 0.2) is 28.7 Å². The van der Waals surface area contributed by atoms with Crippen LogP contribution in [0.4, 0.5) is 8.78 Å². The molecule has 1 N–H and O–H groups in total. The fourth-order valence-corrected chi connectivity index (χ4v) is 3.10. The standard InChI is InChI=1S/C13H5BrCl2F2N2S/c14-5-1-8(17)12(9(18)2-5)20-11-4-7(16)6(15)3-10(11)19-13(20)21/h1-4H,(H,19,21). The maximum absolute atomic E-state index is 14.2. The highest BCUT2D eigenvalue weighted by Gasteiger charge is 2.17. The van der Waals surface area contributed by atoms with Crippen molar-refractivity contribution in [3.8, 4) is 5.69 Å². The summed E-state index contributed by atoms with van der Waals surface area (Å²) in [5, 5.41) is 0.592. The van der Waals surface area contributed by atoms with Gasteiger partial charge in [0.2, 0.25) is 0 Å². The van der Waals surface area contributed by atoms with Gasteiger partial charge in [0.15, 0.2) is 16.4 Å². The Morgan fingerprint density at radius 3 is 2.24 bits per heavy atom. The molecule has 3 aromatic rings. The molecule has 0 spiro atoms. The summed E-state index contributed by atoms with van der Waals surface area (Å²) in [5.74, 6) is -1.49. The average Bonchev–Trinajstić information content (AvgIpc) is 2.66. The lowest BCUT2D eigenvalue weighted by molar-refractivity contribution is 0.569. The minimum atomic E-state index is -0.745. The highest BCUT2D eigenvalue weighted by Crippen LogP contribution is 2.31. The van der Waals surface area contributed by atoms with E-state index in [0.29, 0.717) is 20.5 Å². The van der Waals surface area contributed by atoms with Crippen molar-refractivity contribution in [1.29, 1.82) is 0 Å². The molecule has 3 rings (SSSR count). The van der Waals surface area contributed by atoms with Crippen LogP contribution in [0.5, 0.6) is 0 Å². The van der Waals surface area contributed by atoms with Gasteiger partial charge in [0.25, 0.3) is 0 Å². The molecule has 21 heavy (non-hydrogen) atoms. The molecule has 0 bridgehead atoms. The minimum absolute atomic E-state index is 0.142. The molecule has 0 amide bonds. The summed E-state index contributed by atoms with van der Waals surface area (Å²) in [6, 6.07) is 5.39. The predicted octanol–water partition coefficient (Wildman–Crippen LogP) is 6.04. The minimum Gasteiger partial charge on any atom is -0.330 e. The molecule has 8 heteroatoms. The lowest BCUT2D eigenvalue weighted by atomic mass is 10.2. The van der Waals surface area contributed by atoms with Crippen LogP contribution in [-0.2, 0) is 0 Å². The summed E-state index contributed by atoms with van der Waals surface area (Å²) < 4.78 is 30.0. The largest absolute Gasteiger partial charge is 0.330 e. The Hall–Kier alpha value is -0.950. The highest BCUT2D eigenvalue weighted by molar-refractivity contribution is 9.10. The van der Waals surface area contributed by atoms with Crippen LogP contribution in [0.2, 0.25) is 10.0 Å². The van der Waals surface area contributed by atoms with Crippen LogP contribution in [0.3, 0.4) is 0 Å². The third kappa shape index (κ3) is 2.50. The first kappa shape index (κ1) is 15.0. The van der Waals surface area contributed by atoms with Gasteiger partial charge in [-0.3, -0.25) is 4.57 Å². The SMILES string of the molecule is Fc1cc(Br)cc(F)c1-n1c(=S)[nH]c2cc(Cl)c(Cl)cc21. The van der Waals surface area contributed by atoms with Crippen LogP contribution in [0.25, 0.3) is 16.7 Å². The fraction of sp³-hybridized carbons (Fsp3) is 0. The Bertz CT molecular complexity index is 913. The number of halogens is 5. The number of hydrogen-bond acceptors (Lipinski definition) is 1. The summed E-state index contributed by atoms with van der Waals surface area (Å²) in [6.07, 6.45) is 0. The van der Waals surface area contributed by atoms with E-state index in [4.69, 9.17) is 35.4 Å². The van der Waals surface area contributed by atoms with Crippen LogP contribution in [-0.4, -0.2) is 9.55 Å². The molecule has 0 unspecified atom stereocenters. The van der Waals surface area contributed by atoms with Crippen LogP contribution < -0.4 is 0 Å². The first-order chi connectivity index (χ1) is 9.88. The Morgan fingerprint density at radius 1 is 1.05 bits per heavy atom. The van der Waals surface area contributed by atoms with Gasteiger partial charge in [0.1, 0.15) is 5.69 Å². The molecule has 0 atom stereocenters. The summed E-state index contributed by atoms with van der Waals surface area (Å²) in [5.41, 5.74) is 0.707. The number of imidazole rings is 1. The third-order valence-electron chi connectivity index (χ3n) is 2.93. The number of benzene rings is 2. The zero-order valence-electron chi connectivity index (χ0n) is 10.1. The van der Waals surface area contributed by atoms with E-state index in [1.165, 1.54) is 10.6 Å². The topological polar surface area (TPSA) is 20.7 Å². The number of nitrogens with zero attached hydrogens (tertiary/aromatic N) is 1. The van der Waals surface area contributed by atoms with Crippen molar-refractivity contribution in [3.05, 3.63) is 55.2 Å². The summed E-state index contributed by atoms with van der Waals surface area (Å²) in [6.45, 7) is 0. The van der Waals surface area contributed by atoms with E-state index in [2.05, 4.69) is 20.9 Å². The third-order valence-corrected chi connectivity index (χ3v) is 4.39. The molecule has 1 heterocycles.